The first kappa shape index (κ1) is 13.0. The molecule has 5 nitrogen and oxygen atoms in total. The average Bonchev–Trinajstić information content (AvgIpc) is 2.55. The highest BCUT2D eigenvalue weighted by atomic mass is 32.2. The number of carboxylic acids is 1. The number of hydrogen-bond acceptors (Lipinski definition) is 5. The topological polar surface area (TPSA) is 77.8 Å². The Morgan fingerprint density at radius 2 is 2.41 bits per heavy atom. The highest BCUT2D eigenvalue weighted by molar-refractivity contribution is 8.19. The molecule has 0 saturated carbocycles. The molecule has 0 bridgehead atoms. The van der Waals surface area contributed by atoms with Crippen molar-refractivity contribution in [2.75, 3.05) is 12.3 Å². The smallest absolute Gasteiger partial charge is 0.332 e. The van der Waals surface area contributed by atoms with E-state index < -0.39 is 22.1 Å². The number of thioether (sulfide) groups is 2. The minimum absolute atomic E-state index is 0.127. The van der Waals surface area contributed by atoms with Gasteiger partial charge in [0.1, 0.15) is 0 Å². The molecule has 0 aliphatic carbocycles. The lowest BCUT2D eigenvalue weighted by Gasteiger charge is -2.42. The lowest BCUT2D eigenvalue weighted by atomic mass is 9.93. The second kappa shape index (κ2) is 4.37. The average molecular weight is 277 g/mol. The van der Waals surface area contributed by atoms with Crippen molar-refractivity contribution >= 4 is 35.4 Å². The van der Waals surface area contributed by atoms with Crippen LogP contribution in [0, 0.1) is 5.92 Å². The Hall–Kier alpha value is -0.400. The Kier molecular flexibility index (Phi) is 3.35. The van der Waals surface area contributed by atoms with Gasteiger partial charge in [0.05, 0.1) is 23.9 Å². The second-order valence-corrected chi connectivity index (χ2v) is 7.47. The number of carbonyl (C=O) groups is 2. The molecular formula is C10H15NO4S2. The van der Waals surface area contributed by atoms with Crippen LogP contribution in [0.2, 0.25) is 0 Å². The lowest BCUT2D eigenvalue weighted by molar-refractivity contribution is -0.155. The number of hydrogen-bond donors (Lipinski definition) is 2. The molecule has 2 N–H and O–H groups in total. The number of amides is 1. The van der Waals surface area contributed by atoms with Crippen LogP contribution in [0.5, 0.6) is 0 Å². The summed E-state index contributed by atoms with van der Waals surface area (Å²) in [6, 6.07) is 0. The number of fused-ring (bicyclic) bond motifs is 1. The third-order valence-electron chi connectivity index (χ3n) is 3.10. The fraction of sp³-hybridized carbons (Fsp3) is 0.800. The minimum Gasteiger partial charge on any atom is -0.480 e. The van der Waals surface area contributed by atoms with Gasteiger partial charge < -0.3 is 15.1 Å². The van der Waals surface area contributed by atoms with E-state index in [0.29, 0.717) is 5.75 Å². The molecule has 1 amide bonds. The molecule has 0 radical (unpaired) electrons. The Morgan fingerprint density at radius 3 is 2.88 bits per heavy atom. The van der Waals surface area contributed by atoms with Gasteiger partial charge in [-0.3, -0.25) is 4.79 Å². The largest absolute Gasteiger partial charge is 0.480 e. The van der Waals surface area contributed by atoms with E-state index >= 15 is 0 Å². The molecule has 2 aliphatic heterocycles. The van der Waals surface area contributed by atoms with E-state index in [2.05, 4.69) is 0 Å². The van der Waals surface area contributed by atoms with Gasteiger partial charge in [-0.05, 0) is 12.7 Å². The van der Waals surface area contributed by atoms with Gasteiger partial charge in [-0.15, -0.1) is 23.5 Å². The number of carboxylic acid groups (broad SMARTS) is 1. The van der Waals surface area contributed by atoms with E-state index in [1.807, 2.05) is 6.92 Å². The fourth-order valence-corrected chi connectivity index (χ4v) is 5.49. The van der Waals surface area contributed by atoms with Gasteiger partial charge in [0, 0.05) is 0 Å². The normalized spacial score (nSPS) is 37.6. The number of β-lactam (4-membered cyclic amide) rings is 1. The molecule has 7 heteroatoms. The summed E-state index contributed by atoms with van der Waals surface area (Å²) in [4.78, 5) is 24.7. The number of aliphatic hydroxyl groups excluding tert-OH is 1. The first-order chi connectivity index (χ1) is 7.93. The van der Waals surface area contributed by atoms with Crippen LogP contribution in [0.4, 0.5) is 0 Å². The molecule has 2 rings (SSSR count). The molecule has 2 unspecified atom stereocenters. The van der Waals surface area contributed by atoms with E-state index in [9.17, 15) is 19.8 Å². The number of aliphatic hydroxyl groups is 1. The number of aliphatic carboxylic acids is 1. The van der Waals surface area contributed by atoms with Crippen molar-refractivity contribution in [1.82, 2.24) is 4.90 Å². The summed E-state index contributed by atoms with van der Waals surface area (Å²) in [7, 11) is 0. The van der Waals surface area contributed by atoms with Gasteiger partial charge >= 0.3 is 5.97 Å². The van der Waals surface area contributed by atoms with Crippen LogP contribution in [0.15, 0.2) is 0 Å². The molecule has 2 fully saturated rings. The van der Waals surface area contributed by atoms with Gasteiger partial charge in [-0.2, -0.15) is 0 Å². The fourth-order valence-electron chi connectivity index (χ4n) is 2.25. The highest BCUT2D eigenvalue weighted by Crippen LogP contribution is 2.55. The predicted molar refractivity (Wildman–Crippen MR) is 66.8 cm³/mol. The van der Waals surface area contributed by atoms with E-state index in [1.165, 1.54) is 23.5 Å². The molecule has 2 aliphatic rings. The van der Waals surface area contributed by atoms with E-state index in [1.54, 1.807) is 11.8 Å². The summed E-state index contributed by atoms with van der Waals surface area (Å²) in [5.41, 5.74) is 0. The molecule has 2 heterocycles. The molecular weight excluding hydrogens is 262 g/mol. The van der Waals surface area contributed by atoms with Crippen LogP contribution in [0.25, 0.3) is 0 Å². The third kappa shape index (κ3) is 1.84. The molecule has 4 atom stereocenters. The quantitative estimate of drug-likeness (QED) is 0.726. The predicted octanol–water partition coefficient (Wildman–Crippen LogP) is 0.432. The Labute approximate surface area is 108 Å². The SMILES string of the molecule is CCSC1(C(=O)O)CN2C(=O)[C@H](C(C)O)[C@H]2S1. The van der Waals surface area contributed by atoms with E-state index in [0.717, 1.165) is 0 Å². The molecule has 0 spiro atoms. The van der Waals surface area contributed by atoms with Gasteiger partial charge in [-0.25, -0.2) is 4.79 Å². The van der Waals surface area contributed by atoms with Crippen molar-refractivity contribution < 1.29 is 19.8 Å². The molecule has 0 aromatic carbocycles. The van der Waals surface area contributed by atoms with Crippen LogP contribution >= 0.6 is 23.5 Å². The van der Waals surface area contributed by atoms with Crippen molar-refractivity contribution in [3.8, 4) is 0 Å². The van der Waals surface area contributed by atoms with E-state index in [4.69, 9.17) is 0 Å². The molecule has 17 heavy (non-hydrogen) atoms. The minimum atomic E-state index is -0.960. The van der Waals surface area contributed by atoms with Gasteiger partial charge in [-0.1, -0.05) is 6.92 Å². The maximum Gasteiger partial charge on any atom is 0.332 e. The van der Waals surface area contributed by atoms with Gasteiger partial charge in [0.15, 0.2) is 4.08 Å². The highest BCUT2D eigenvalue weighted by Gasteiger charge is 2.62. The van der Waals surface area contributed by atoms with Gasteiger partial charge in [0.2, 0.25) is 5.91 Å². The second-order valence-electron chi connectivity index (χ2n) is 4.23. The Bertz CT molecular complexity index is 362. The van der Waals surface area contributed by atoms with Gasteiger partial charge in [0.25, 0.3) is 0 Å². The number of rotatable bonds is 4. The van der Waals surface area contributed by atoms with E-state index in [-0.39, 0.29) is 17.8 Å². The zero-order valence-electron chi connectivity index (χ0n) is 9.62. The third-order valence-corrected chi connectivity index (χ3v) is 6.27. The van der Waals surface area contributed by atoms with Crippen LogP contribution < -0.4 is 0 Å². The Balaban J connectivity index is 2.18. The van der Waals surface area contributed by atoms with Crippen LogP contribution in [-0.2, 0) is 9.59 Å². The maximum absolute atomic E-state index is 11.7. The lowest BCUT2D eigenvalue weighted by Crippen LogP contribution is -2.60. The zero-order chi connectivity index (χ0) is 12.8. The molecule has 0 aromatic rings. The summed E-state index contributed by atoms with van der Waals surface area (Å²) in [6.45, 7) is 3.71. The summed E-state index contributed by atoms with van der Waals surface area (Å²) >= 11 is 2.63. The number of nitrogens with zero attached hydrogens (tertiary/aromatic N) is 1. The van der Waals surface area contributed by atoms with Crippen molar-refractivity contribution in [2.45, 2.75) is 29.4 Å². The molecule has 2 saturated heterocycles. The molecule has 96 valence electrons. The van der Waals surface area contributed by atoms with Crippen LogP contribution in [0.3, 0.4) is 0 Å². The van der Waals surface area contributed by atoms with Crippen molar-refractivity contribution in [3.05, 3.63) is 0 Å². The Morgan fingerprint density at radius 1 is 1.76 bits per heavy atom. The first-order valence-corrected chi connectivity index (χ1v) is 7.33. The summed E-state index contributed by atoms with van der Waals surface area (Å²) < 4.78 is -0.960. The molecule has 0 aromatic heterocycles. The monoisotopic (exact) mass is 277 g/mol. The summed E-state index contributed by atoms with van der Waals surface area (Å²) in [5, 5.41) is 18.7. The maximum atomic E-state index is 11.7. The van der Waals surface area contributed by atoms with Crippen LogP contribution in [-0.4, -0.2) is 54.8 Å². The number of carbonyl (C=O) groups excluding carboxylic acids is 1. The summed E-state index contributed by atoms with van der Waals surface area (Å²) in [5.74, 6) is -0.773. The first-order valence-electron chi connectivity index (χ1n) is 5.46. The summed E-state index contributed by atoms with van der Waals surface area (Å²) in [6.07, 6.45) is -0.715. The standard InChI is InChI=1S/C10H15NO4S2/c1-3-16-10(9(14)15)4-11-7(13)6(5(2)12)8(11)17-10/h5-6,8,12H,3-4H2,1-2H3,(H,14,15)/t5?,6-,8+,10?/m0/s1. The van der Waals surface area contributed by atoms with Crippen molar-refractivity contribution in [1.29, 1.82) is 0 Å². The van der Waals surface area contributed by atoms with Crippen molar-refractivity contribution in [3.63, 3.8) is 0 Å². The zero-order valence-corrected chi connectivity index (χ0v) is 11.3. The van der Waals surface area contributed by atoms with Crippen molar-refractivity contribution in [2.24, 2.45) is 5.92 Å². The van der Waals surface area contributed by atoms with Crippen LogP contribution in [0.1, 0.15) is 13.8 Å².